The quantitative estimate of drug-likeness (QED) is 0.707. The van der Waals surface area contributed by atoms with Crippen LogP contribution < -0.4 is 5.32 Å². The summed E-state index contributed by atoms with van der Waals surface area (Å²) in [5.41, 5.74) is 2.15. The molecular weight excluding hydrogens is 440 g/mol. The molecule has 0 saturated heterocycles. The molecule has 0 aliphatic heterocycles. The molecule has 0 spiro atoms. The molecule has 1 heterocycles. The van der Waals surface area contributed by atoms with Crippen molar-refractivity contribution < 1.29 is 4.79 Å². The highest BCUT2D eigenvalue weighted by atomic mass is 79.9. The van der Waals surface area contributed by atoms with E-state index in [1.807, 2.05) is 19.1 Å². The predicted molar refractivity (Wildman–Crippen MR) is 86.5 cm³/mol. The number of hydrogen-bond donors (Lipinski definition) is 1. The molecule has 0 aliphatic carbocycles. The second-order valence-corrected chi connectivity index (χ2v) is 6.54. The molecule has 0 unspecified atom stereocenters. The minimum atomic E-state index is -0.252. The third-order valence-electron chi connectivity index (χ3n) is 2.39. The molecule has 2 rings (SSSR count). The summed E-state index contributed by atoms with van der Waals surface area (Å²) >= 11 is 10.2. The third kappa shape index (κ3) is 3.64. The zero-order chi connectivity index (χ0) is 14.0. The number of hydrogen-bond acceptors (Lipinski definition) is 2. The second-order valence-electron chi connectivity index (χ2n) is 3.92. The van der Waals surface area contributed by atoms with E-state index in [1.165, 1.54) is 0 Å². The van der Waals surface area contributed by atoms with Crippen LogP contribution in [0.5, 0.6) is 0 Å². The number of halogens is 3. The molecule has 6 heteroatoms. The van der Waals surface area contributed by atoms with E-state index in [2.05, 4.69) is 58.1 Å². The summed E-state index contributed by atoms with van der Waals surface area (Å²) in [6.45, 7) is 1.98. The van der Waals surface area contributed by atoms with Gasteiger partial charge in [0.2, 0.25) is 0 Å². The monoisotopic (exact) mass is 446 g/mol. The number of aryl methyl sites for hydroxylation is 1. The van der Waals surface area contributed by atoms with Gasteiger partial charge in [-0.25, -0.2) is 4.98 Å². The standard InChI is InChI=1S/C13H9Br3N2O/c1-7-4-9(15)12(10(16)5-7)18-13(19)11-3-2-8(14)6-17-11/h2-6H,1H3,(H,18,19). The van der Waals surface area contributed by atoms with E-state index in [1.54, 1.807) is 18.3 Å². The molecule has 1 aromatic heterocycles. The van der Waals surface area contributed by atoms with Crippen molar-refractivity contribution in [3.05, 3.63) is 55.1 Å². The summed E-state index contributed by atoms with van der Waals surface area (Å²) in [5.74, 6) is -0.252. The zero-order valence-corrected chi connectivity index (χ0v) is 14.6. The lowest BCUT2D eigenvalue weighted by molar-refractivity contribution is 0.102. The first-order chi connectivity index (χ1) is 8.97. The van der Waals surface area contributed by atoms with Crippen LogP contribution in [0, 0.1) is 6.92 Å². The van der Waals surface area contributed by atoms with Crippen LogP contribution in [0.15, 0.2) is 43.9 Å². The summed E-state index contributed by atoms with van der Waals surface area (Å²) in [6, 6.07) is 7.32. The van der Waals surface area contributed by atoms with Gasteiger partial charge in [0.1, 0.15) is 5.69 Å². The number of benzene rings is 1. The fourth-order valence-electron chi connectivity index (χ4n) is 1.51. The van der Waals surface area contributed by atoms with Gasteiger partial charge in [0.15, 0.2) is 0 Å². The van der Waals surface area contributed by atoms with E-state index in [0.29, 0.717) is 11.4 Å². The molecule has 0 aliphatic rings. The van der Waals surface area contributed by atoms with Crippen molar-refractivity contribution in [1.82, 2.24) is 4.98 Å². The number of anilines is 1. The van der Waals surface area contributed by atoms with Gasteiger partial charge in [0.25, 0.3) is 5.91 Å². The van der Waals surface area contributed by atoms with Crippen molar-refractivity contribution in [3.63, 3.8) is 0 Å². The van der Waals surface area contributed by atoms with Crippen LogP contribution in [-0.2, 0) is 0 Å². The van der Waals surface area contributed by atoms with Gasteiger partial charge < -0.3 is 5.32 Å². The normalized spacial score (nSPS) is 10.3. The van der Waals surface area contributed by atoms with Crippen molar-refractivity contribution in [2.24, 2.45) is 0 Å². The van der Waals surface area contributed by atoms with E-state index in [9.17, 15) is 4.79 Å². The Bertz CT molecular complexity index is 603. The average molecular weight is 449 g/mol. The fourth-order valence-corrected chi connectivity index (χ4v) is 3.36. The van der Waals surface area contributed by atoms with Crippen LogP contribution in [0.1, 0.15) is 16.1 Å². The average Bonchev–Trinajstić information content (AvgIpc) is 2.34. The number of aromatic nitrogens is 1. The highest BCUT2D eigenvalue weighted by Gasteiger charge is 2.12. The predicted octanol–water partition coefficient (Wildman–Crippen LogP) is 4.93. The van der Waals surface area contributed by atoms with Gasteiger partial charge in [0, 0.05) is 19.6 Å². The first kappa shape index (κ1) is 14.7. The summed E-state index contributed by atoms with van der Waals surface area (Å²) in [6.07, 6.45) is 1.59. The Morgan fingerprint density at radius 2 is 1.79 bits per heavy atom. The molecule has 1 amide bonds. The molecular formula is C13H9Br3N2O. The van der Waals surface area contributed by atoms with Crippen LogP contribution in [0.3, 0.4) is 0 Å². The first-order valence-electron chi connectivity index (χ1n) is 5.36. The van der Waals surface area contributed by atoms with Gasteiger partial charge >= 0.3 is 0 Å². The van der Waals surface area contributed by atoms with Gasteiger partial charge in [-0.3, -0.25) is 4.79 Å². The number of rotatable bonds is 2. The molecule has 1 N–H and O–H groups in total. The van der Waals surface area contributed by atoms with Gasteiger partial charge in [-0.1, -0.05) is 0 Å². The lowest BCUT2D eigenvalue weighted by Gasteiger charge is -2.10. The lowest BCUT2D eigenvalue weighted by Crippen LogP contribution is -2.14. The van der Waals surface area contributed by atoms with Crippen LogP contribution in [0.2, 0.25) is 0 Å². The highest BCUT2D eigenvalue weighted by molar-refractivity contribution is 9.11. The Hall–Kier alpha value is -0.720. The maximum atomic E-state index is 12.1. The third-order valence-corrected chi connectivity index (χ3v) is 4.10. The lowest BCUT2D eigenvalue weighted by atomic mass is 10.2. The largest absolute Gasteiger partial charge is 0.319 e. The van der Waals surface area contributed by atoms with E-state index in [4.69, 9.17) is 0 Å². The molecule has 19 heavy (non-hydrogen) atoms. The van der Waals surface area contributed by atoms with Gasteiger partial charge in [-0.2, -0.15) is 0 Å². The summed E-state index contributed by atoms with van der Waals surface area (Å²) in [5, 5.41) is 2.83. The van der Waals surface area contributed by atoms with Crippen LogP contribution in [-0.4, -0.2) is 10.9 Å². The Labute approximate surface area is 136 Å². The van der Waals surface area contributed by atoms with Crippen molar-refractivity contribution in [2.75, 3.05) is 5.32 Å². The number of carbonyl (C=O) groups is 1. The van der Waals surface area contributed by atoms with Crippen molar-refractivity contribution >= 4 is 59.4 Å². The number of nitrogens with one attached hydrogen (secondary N) is 1. The summed E-state index contributed by atoms with van der Waals surface area (Å²) < 4.78 is 2.48. The van der Waals surface area contributed by atoms with Crippen LogP contribution in [0.4, 0.5) is 5.69 Å². The summed E-state index contributed by atoms with van der Waals surface area (Å²) in [4.78, 5) is 16.1. The Morgan fingerprint density at radius 1 is 1.16 bits per heavy atom. The molecule has 2 aromatic rings. The number of nitrogens with zero attached hydrogens (tertiary/aromatic N) is 1. The fraction of sp³-hybridized carbons (Fsp3) is 0.0769. The number of pyridine rings is 1. The number of carbonyl (C=O) groups excluding carboxylic acids is 1. The molecule has 0 radical (unpaired) electrons. The molecule has 98 valence electrons. The molecule has 0 fully saturated rings. The van der Waals surface area contributed by atoms with Gasteiger partial charge in [0.05, 0.1) is 5.69 Å². The minimum Gasteiger partial charge on any atom is -0.319 e. The Morgan fingerprint density at radius 3 is 2.32 bits per heavy atom. The van der Waals surface area contributed by atoms with Crippen molar-refractivity contribution in [3.8, 4) is 0 Å². The van der Waals surface area contributed by atoms with E-state index in [0.717, 1.165) is 19.0 Å². The maximum absolute atomic E-state index is 12.1. The molecule has 0 saturated carbocycles. The topological polar surface area (TPSA) is 42.0 Å². The highest BCUT2D eigenvalue weighted by Crippen LogP contribution is 2.32. The minimum absolute atomic E-state index is 0.252. The van der Waals surface area contributed by atoms with Gasteiger partial charge in [-0.05, 0) is 84.5 Å². The Balaban J connectivity index is 2.26. The molecule has 1 aromatic carbocycles. The number of amides is 1. The molecule has 0 atom stereocenters. The maximum Gasteiger partial charge on any atom is 0.274 e. The van der Waals surface area contributed by atoms with Crippen molar-refractivity contribution in [2.45, 2.75) is 6.92 Å². The molecule has 3 nitrogen and oxygen atoms in total. The SMILES string of the molecule is Cc1cc(Br)c(NC(=O)c2ccc(Br)cn2)c(Br)c1. The van der Waals surface area contributed by atoms with Crippen LogP contribution >= 0.6 is 47.8 Å². The van der Waals surface area contributed by atoms with E-state index >= 15 is 0 Å². The second kappa shape index (κ2) is 6.15. The first-order valence-corrected chi connectivity index (χ1v) is 7.74. The Kier molecular flexibility index (Phi) is 4.76. The summed E-state index contributed by atoms with van der Waals surface area (Å²) in [7, 11) is 0. The van der Waals surface area contributed by atoms with E-state index in [-0.39, 0.29) is 5.91 Å². The van der Waals surface area contributed by atoms with E-state index < -0.39 is 0 Å². The van der Waals surface area contributed by atoms with Gasteiger partial charge in [-0.15, -0.1) is 0 Å². The molecule has 0 bridgehead atoms. The zero-order valence-electron chi connectivity index (χ0n) is 9.88. The van der Waals surface area contributed by atoms with Crippen molar-refractivity contribution in [1.29, 1.82) is 0 Å². The van der Waals surface area contributed by atoms with Crippen LogP contribution in [0.25, 0.3) is 0 Å². The smallest absolute Gasteiger partial charge is 0.274 e.